The molecule has 2 aromatic carbocycles. The van der Waals surface area contributed by atoms with Gasteiger partial charge in [-0.3, -0.25) is 9.59 Å². The van der Waals surface area contributed by atoms with Crippen molar-refractivity contribution in [3.63, 3.8) is 0 Å². The number of carbonyl (C=O) groups is 2. The van der Waals surface area contributed by atoms with Crippen molar-refractivity contribution in [1.29, 1.82) is 0 Å². The molecular weight excluding hydrogens is 392 g/mol. The molecule has 158 valence electrons. The second-order valence-electron chi connectivity index (χ2n) is 8.12. The van der Waals surface area contributed by atoms with E-state index in [1.807, 2.05) is 50.2 Å². The Kier molecular flexibility index (Phi) is 4.58. The van der Waals surface area contributed by atoms with E-state index in [9.17, 15) is 14.7 Å². The summed E-state index contributed by atoms with van der Waals surface area (Å²) in [6.07, 6.45) is 1.47. The number of nitrogens with zero attached hydrogens (tertiary/aromatic N) is 1. The molecule has 2 aliphatic heterocycles. The Labute approximate surface area is 180 Å². The number of aromatic amines is 1. The van der Waals surface area contributed by atoms with Gasteiger partial charge in [-0.2, -0.15) is 0 Å². The zero-order valence-corrected chi connectivity index (χ0v) is 17.6. The zero-order valence-electron chi connectivity index (χ0n) is 17.6. The Balaban J connectivity index is 1.74. The first kappa shape index (κ1) is 19.4. The molecule has 0 aliphatic carbocycles. The van der Waals surface area contributed by atoms with Gasteiger partial charge in [0.2, 0.25) is 0 Å². The van der Waals surface area contributed by atoms with Gasteiger partial charge in [-0.05, 0) is 43.2 Å². The van der Waals surface area contributed by atoms with Crippen LogP contribution in [0.4, 0.5) is 0 Å². The summed E-state index contributed by atoms with van der Waals surface area (Å²) in [6, 6.07) is 12.6. The number of Topliss-reactive ketones (excluding diaryl/α,β-unsaturated/α-hetero) is 1. The van der Waals surface area contributed by atoms with Crippen molar-refractivity contribution < 1.29 is 19.4 Å². The standard InChI is InChI=1S/C25H24N2O4/c1-3-11-27-22(20-14(2)26-18-7-5-4-6-17(18)20)21(24(29)25(27)30)23(28)16-8-9-19-15(13-16)10-12-31-19/h4-9,13,22,26,28H,3,10-12H2,1-2H3/b23-21+. The number of aryl methyl sites for hydroxylation is 1. The molecule has 1 fully saturated rings. The first-order valence-electron chi connectivity index (χ1n) is 10.6. The van der Waals surface area contributed by atoms with Crippen molar-refractivity contribution in [1.82, 2.24) is 9.88 Å². The quantitative estimate of drug-likeness (QED) is 0.379. The first-order chi connectivity index (χ1) is 15.0. The molecule has 3 aromatic rings. The molecule has 1 atom stereocenters. The average molecular weight is 416 g/mol. The lowest BCUT2D eigenvalue weighted by Crippen LogP contribution is -2.30. The van der Waals surface area contributed by atoms with E-state index in [4.69, 9.17) is 4.74 Å². The van der Waals surface area contributed by atoms with Crippen LogP contribution in [0.1, 0.15) is 41.8 Å². The number of nitrogens with one attached hydrogen (secondary N) is 1. The molecule has 0 bridgehead atoms. The van der Waals surface area contributed by atoms with Crippen LogP contribution in [0.2, 0.25) is 0 Å². The molecule has 31 heavy (non-hydrogen) atoms. The maximum atomic E-state index is 13.1. The number of para-hydroxylation sites is 1. The van der Waals surface area contributed by atoms with Crippen molar-refractivity contribution in [2.75, 3.05) is 13.2 Å². The predicted octanol–water partition coefficient (Wildman–Crippen LogP) is 4.24. The zero-order chi connectivity index (χ0) is 21.7. The third-order valence-electron chi connectivity index (χ3n) is 6.18. The summed E-state index contributed by atoms with van der Waals surface area (Å²) >= 11 is 0. The van der Waals surface area contributed by atoms with Crippen molar-refractivity contribution >= 4 is 28.4 Å². The lowest BCUT2D eigenvalue weighted by atomic mass is 9.93. The number of ketones is 1. The minimum atomic E-state index is -0.641. The number of carbonyl (C=O) groups excluding carboxylic acids is 2. The van der Waals surface area contributed by atoms with E-state index in [2.05, 4.69) is 4.98 Å². The molecule has 0 spiro atoms. The summed E-state index contributed by atoms with van der Waals surface area (Å²) in [6.45, 7) is 4.95. The molecule has 2 aliphatic rings. The molecule has 0 saturated carbocycles. The Bertz CT molecular complexity index is 1250. The fourth-order valence-electron chi connectivity index (χ4n) is 4.79. The van der Waals surface area contributed by atoms with Crippen molar-refractivity contribution in [3.8, 4) is 5.75 Å². The number of likely N-dealkylation sites (tertiary alicyclic amines) is 1. The van der Waals surface area contributed by atoms with Crippen LogP contribution in [-0.4, -0.2) is 39.8 Å². The highest BCUT2D eigenvalue weighted by Gasteiger charge is 2.47. The summed E-state index contributed by atoms with van der Waals surface area (Å²) in [5.74, 6) is -0.548. The van der Waals surface area contributed by atoms with Gasteiger partial charge in [-0.1, -0.05) is 25.1 Å². The smallest absolute Gasteiger partial charge is 0.295 e. The van der Waals surface area contributed by atoms with E-state index < -0.39 is 17.7 Å². The molecule has 1 aromatic heterocycles. The van der Waals surface area contributed by atoms with Gasteiger partial charge in [-0.25, -0.2) is 0 Å². The summed E-state index contributed by atoms with van der Waals surface area (Å²) in [5.41, 5.74) is 4.33. The first-order valence-corrected chi connectivity index (χ1v) is 10.6. The molecule has 1 unspecified atom stereocenters. The lowest BCUT2D eigenvalue weighted by molar-refractivity contribution is -0.139. The van der Waals surface area contributed by atoms with Crippen molar-refractivity contribution in [2.24, 2.45) is 0 Å². The van der Waals surface area contributed by atoms with Crippen LogP contribution in [0, 0.1) is 6.92 Å². The Morgan fingerprint density at radius 2 is 2.03 bits per heavy atom. The number of ether oxygens (including phenoxy) is 1. The Morgan fingerprint density at radius 1 is 1.23 bits per heavy atom. The Morgan fingerprint density at radius 3 is 2.84 bits per heavy atom. The van der Waals surface area contributed by atoms with Gasteiger partial charge in [-0.15, -0.1) is 0 Å². The number of rotatable bonds is 4. The Hall–Kier alpha value is -3.54. The van der Waals surface area contributed by atoms with Crippen LogP contribution in [-0.2, 0) is 16.0 Å². The minimum Gasteiger partial charge on any atom is -0.507 e. The van der Waals surface area contributed by atoms with Crippen molar-refractivity contribution in [2.45, 2.75) is 32.7 Å². The number of aliphatic hydroxyl groups excluding tert-OH is 1. The summed E-state index contributed by atoms with van der Waals surface area (Å²) in [4.78, 5) is 31.1. The van der Waals surface area contributed by atoms with Gasteiger partial charge < -0.3 is 19.7 Å². The number of hydrogen-bond donors (Lipinski definition) is 2. The maximum Gasteiger partial charge on any atom is 0.295 e. The second kappa shape index (κ2) is 7.30. The SMILES string of the molecule is CCCN1C(=O)C(=O)/C(=C(/O)c2ccc3c(c2)CCO3)C1c1c(C)[nH]c2ccccc12. The number of H-pyrrole nitrogens is 1. The van der Waals surface area contributed by atoms with Crippen LogP contribution in [0.5, 0.6) is 5.75 Å². The molecule has 1 amide bonds. The third kappa shape index (κ3) is 2.93. The minimum absolute atomic E-state index is 0.138. The molecule has 5 rings (SSSR count). The number of benzene rings is 2. The van der Waals surface area contributed by atoms with Crippen LogP contribution < -0.4 is 4.74 Å². The monoisotopic (exact) mass is 416 g/mol. The highest BCUT2D eigenvalue weighted by molar-refractivity contribution is 6.46. The molecule has 6 nitrogen and oxygen atoms in total. The fourth-order valence-corrected chi connectivity index (χ4v) is 4.79. The number of aliphatic hydroxyl groups is 1. The largest absolute Gasteiger partial charge is 0.507 e. The summed E-state index contributed by atoms with van der Waals surface area (Å²) < 4.78 is 5.56. The number of amides is 1. The van der Waals surface area contributed by atoms with E-state index >= 15 is 0 Å². The summed E-state index contributed by atoms with van der Waals surface area (Å²) in [7, 11) is 0. The highest BCUT2D eigenvalue weighted by Crippen LogP contribution is 2.43. The maximum absolute atomic E-state index is 13.1. The predicted molar refractivity (Wildman–Crippen MR) is 118 cm³/mol. The topological polar surface area (TPSA) is 82.6 Å². The molecule has 2 N–H and O–H groups in total. The van der Waals surface area contributed by atoms with Gasteiger partial charge in [0.15, 0.2) is 0 Å². The molecule has 0 radical (unpaired) electrons. The average Bonchev–Trinajstić information content (AvgIpc) is 3.43. The highest BCUT2D eigenvalue weighted by atomic mass is 16.5. The van der Waals surface area contributed by atoms with E-state index in [-0.39, 0.29) is 11.3 Å². The number of fused-ring (bicyclic) bond motifs is 2. The third-order valence-corrected chi connectivity index (χ3v) is 6.18. The van der Waals surface area contributed by atoms with E-state index in [0.29, 0.717) is 25.1 Å². The van der Waals surface area contributed by atoms with Gasteiger partial charge in [0.1, 0.15) is 11.5 Å². The number of aromatic nitrogens is 1. The van der Waals surface area contributed by atoms with E-state index in [0.717, 1.165) is 39.9 Å². The molecule has 1 saturated heterocycles. The summed E-state index contributed by atoms with van der Waals surface area (Å²) in [5, 5.41) is 12.2. The second-order valence-corrected chi connectivity index (χ2v) is 8.12. The van der Waals surface area contributed by atoms with Gasteiger partial charge in [0, 0.05) is 40.7 Å². The number of hydrogen-bond acceptors (Lipinski definition) is 4. The van der Waals surface area contributed by atoms with Gasteiger partial charge >= 0.3 is 0 Å². The van der Waals surface area contributed by atoms with E-state index in [1.54, 1.807) is 11.0 Å². The van der Waals surface area contributed by atoms with Crippen LogP contribution in [0.25, 0.3) is 16.7 Å². The van der Waals surface area contributed by atoms with Crippen LogP contribution in [0.3, 0.4) is 0 Å². The van der Waals surface area contributed by atoms with Crippen LogP contribution >= 0.6 is 0 Å². The van der Waals surface area contributed by atoms with Crippen molar-refractivity contribution in [3.05, 3.63) is 70.4 Å². The lowest BCUT2D eigenvalue weighted by Gasteiger charge is -2.25. The molecule has 3 heterocycles. The normalized spacial score (nSPS) is 19.8. The molecular formula is C25H24N2O4. The van der Waals surface area contributed by atoms with E-state index in [1.165, 1.54) is 0 Å². The molecule has 6 heteroatoms. The van der Waals surface area contributed by atoms with Gasteiger partial charge in [0.05, 0.1) is 18.2 Å². The fraction of sp³-hybridized carbons (Fsp3) is 0.280. The van der Waals surface area contributed by atoms with Gasteiger partial charge in [0.25, 0.3) is 11.7 Å². The van der Waals surface area contributed by atoms with Crippen LogP contribution in [0.15, 0.2) is 48.0 Å².